The van der Waals surface area contributed by atoms with Gasteiger partial charge in [-0.15, -0.1) is 4.91 Å². The molecular formula is C28H34F3N5O2. The van der Waals surface area contributed by atoms with Crippen molar-refractivity contribution in [2.45, 2.75) is 38.4 Å². The maximum Gasteiger partial charge on any atom is 0.418 e. The number of aryl methyl sites for hydroxylation is 1. The molecule has 38 heavy (non-hydrogen) atoms. The Hall–Kier alpha value is -3.14. The molecule has 0 saturated carbocycles. The van der Waals surface area contributed by atoms with Crippen LogP contribution in [-0.4, -0.2) is 67.6 Å². The molecule has 5 rings (SSSR count). The molecule has 2 aromatic rings. The van der Waals surface area contributed by atoms with Gasteiger partial charge >= 0.3 is 6.18 Å². The fourth-order valence-electron chi connectivity index (χ4n) is 6.12. The molecule has 0 radical (unpaired) electrons. The number of anilines is 2. The lowest BCUT2D eigenvalue weighted by Gasteiger charge is -2.23. The van der Waals surface area contributed by atoms with Crippen molar-refractivity contribution in [1.82, 2.24) is 9.80 Å². The molecule has 204 valence electrons. The number of hydrogen-bond donors (Lipinski definition) is 1. The highest BCUT2D eigenvalue weighted by Crippen LogP contribution is 2.38. The summed E-state index contributed by atoms with van der Waals surface area (Å²) in [5, 5.41) is 5.56. The van der Waals surface area contributed by atoms with Crippen LogP contribution in [0.5, 0.6) is 0 Å². The molecule has 3 saturated heterocycles. The highest BCUT2D eigenvalue weighted by molar-refractivity contribution is 5.76. The monoisotopic (exact) mass is 529 g/mol. The van der Waals surface area contributed by atoms with Crippen LogP contribution in [0.2, 0.25) is 0 Å². The van der Waals surface area contributed by atoms with Gasteiger partial charge in [-0.05, 0) is 73.7 Å². The molecule has 3 aliphatic rings. The first-order chi connectivity index (χ1) is 18.2. The highest BCUT2D eigenvalue weighted by Gasteiger charge is 2.40. The minimum absolute atomic E-state index is 0.0933. The van der Waals surface area contributed by atoms with Crippen LogP contribution in [0, 0.1) is 23.7 Å². The smallest absolute Gasteiger partial charge is 0.380 e. The Morgan fingerprint density at radius 1 is 1.03 bits per heavy atom. The minimum atomic E-state index is -4.66. The van der Waals surface area contributed by atoms with Crippen molar-refractivity contribution in [3.05, 3.63) is 58.5 Å². The number of nitrogens with one attached hydrogen (secondary N) is 1. The van der Waals surface area contributed by atoms with Gasteiger partial charge in [0.15, 0.2) is 0 Å². The average Bonchev–Trinajstić information content (AvgIpc) is 3.59. The van der Waals surface area contributed by atoms with Crippen LogP contribution in [-0.2, 0) is 11.0 Å². The fraction of sp³-hybridized carbons (Fsp3) is 0.536. The van der Waals surface area contributed by atoms with Crippen LogP contribution >= 0.6 is 0 Å². The summed E-state index contributed by atoms with van der Waals surface area (Å²) in [6.45, 7) is 8.39. The lowest BCUT2D eigenvalue weighted by atomic mass is 10.0. The van der Waals surface area contributed by atoms with Gasteiger partial charge in [-0.3, -0.25) is 4.79 Å². The summed E-state index contributed by atoms with van der Waals surface area (Å²) in [6.07, 6.45) is -2.71. The van der Waals surface area contributed by atoms with Crippen molar-refractivity contribution in [2.24, 2.45) is 17.0 Å². The van der Waals surface area contributed by atoms with Gasteiger partial charge in [-0.25, -0.2) is 0 Å². The van der Waals surface area contributed by atoms with Crippen molar-refractivity contribution >= 4 is 23.0 Å². The van der Waals surface area contributed by atoms with E-state index in [1.54, 1.807) is 4.90 Å². The molecule has 3 fully saturated rings. The highest BCUT2D eigenvalue weighted by atomic mass is 19.4. The maximum atomic E-state index is 13.2. The topological polar surface area (TPSA) is 68.2 Å². The predicted molar refractivity (Wildman–Crippen MR) is 142 cm³/mol. The number of alkyl halides is 3. The van der Waals surface area contributed by atoms with Crippen molar-refractivity contribution in [1.29, 1.82) is 0 Å². The molecule has 10 heteroatoms. The van der Waals surface area contributed by atoms with Crippen LogP contribution in [0.25, 0.3) is 0 Å². The second-order valence-electron chi connectivity index (χ2n) is 10.9. The van der Waals surface area contributed by atoms with E-state index in [-0.39, 0.29) is 17.6 Å². The molecule has 0 aromatic heterocycles. The molecule has 7 nitrogen and oxygen atoms in total. The molecule has 3 aliphatic heterocycles. The fourth-order valence-corrected chi connectivity index (χ4v) is 6.12. The molecule has 1 N–H and O–H groups in total. The van der Waals surface area contributed by atoms with Crippen LogP contribution in [0.4, 0.5) is 30.2 Å². The zero-order valence-corrected chi connectivity index (χ0v) is 21.6. The van der Waals surface area contributed by atoms with E-state index in [0.717, 1.165) is 51.3 Å². The average molecular weight is 530 g/mol. The van der Waals surface area contributed by atoms with E-state index in [2.05, 4.69) is 51.5 Å². The van der Waals surface area contributed by atoms with Crippen LogP contribution in [0.3, 0.4) is 0 Å². The zero-order chi connectivity index (χ0) is 26.9. The van der Waals surface area contributed by atoms with E-state index in [1.165, 1.54) is 17.3 Å². The molecule has 0 spiro atoms. The number of amides is 1. The molecule has 2 aromatic carbocycles. The van der Waals surface area contributed by atoms with Gasteiger partial charge in [-0.2, -0.15) is 13.2 Å². The van der Waals surface area contributed by atoms with Crippen molar-refractivity contribution in [3.63, 3.8) is 0 Å². The quantitative estimate of drug-likeness (QED) is 0.472. The first-order valence-corrected chi connectivity index (χ1v) is 13.3. The van der Waals surface area contributed by atoms with Gasteiger partial charge in [0.2, 0.25) is 5.91 Å². The minimum Gasteiger partial charge on any atom is -0.380 e. The van der Waals surface area contributed by atoms with Crippen molar-refractivity contribution in [3.8, 4) is 0 Å². The zero-order valence-electron chi connectivity index (χ0n) is 21.6. The summed E-state index contributed by atoms with van der Waals surface area (Å²) < 4.78 is 39.6. The number of halogens is 3. The number of hydrogen-bond acceptors (Lipinski definition) is 6. The molecule has 3 heterocycles. The molecular weight excluding hydrogens is 495 g/mol. The van der Waals surface area contributed by atoms with Gasteiger partial charge in [0.25, 0.3) is 0 Å². The Labute approximate surface area is 220 Å². The summed E-state index contributed by atoms with van der Waals surface area (Å²) in [4.78, 5) is 30.3. The Bertz CT molecular complexity index is 1140. The first-order valence-electron chi connectivity index (χ1n) is 13.3. The molecule has 1 amide bonds. The second-order valence-corrected chi connectivity index (χ2v) is 10.9. The summed E-state index contributed by atoms with van der Waals surface area (Å²) in [7, 11) is 0. The van der Waals surface area contributed by atoms with Gasteiger partial charge in [0.1, 0.15) is 5.69 Å². The van der Waals surface area contributed by atoms with E-state index >= 15 is 0 Å². The third kappa shape index (κ3) is 5.95. The Balaban J connectivity index is 1.03. The van der Waals surface area contributed by atoms with E-state index in [9.17, 15) is 22.9 Å². The third-order valence-corrected chi connectivity index (χ3v) is 8.14. The van der Waals surface area contributed by atoms with E-state index in [0.29, 0.717) is 37.8 Å². The van der Waals surface area contributed by atoms with Gasteiger partial charge in [-0.1, -0.05) is 17.7 Å². The molecule has 3 atom stereocenters. The molecule has 2 unspecified atom stereocenters. The second kappa shape index (κ2) is 10.9. The summed E-state index contributed by atoms with van der Waals surface area (Å²) in [5.41, 5.74) is 1.16. The molecule has 0 bridgehead atoms. The lowest BCUT2D eigenvalue weighted by molar-refractivity contribution is -0.137. The largest absolute Gasteiger partial charge is 0.418 e. The SMILES string of the molecule is Cc1ccc(N2CC3CN(CCCC(=O)N4CC[C@@H](Nc5ccc(N=O)c(C(F)(F)F)c5)C4)CC3C2)cc1. The standard InChI is InChI=1S/C28H34F3N5O2/c1-19-4-7-24(8-5-19)36-16-20-14-34(15-21(20)17-36)11-2-3-27(37)35-12-10-23(18-35)32-22-6-9-26(33-38)25(13-22)28(29,30)31/h4-9,13,20-21,23,32H,2-3,10-12,14-18H2,1H3/t20?,21?,23-/m1/s1. The summed E-state index contributed by atoms with van der Waals surface area (Å²) >= 11 is 0. The summed E-state index contributed by atoms with van der Waals surface area (Å²) in [6, 6.07) is 12.0. The van der Waals surface area contributed by atoms with E-state index in [1.807, 2.05) is 0 Å². The predicted octanol–water partition coefficient (Wildman–Crippen LogP) is 5.27. The van der Waals surface area contributed by atoms with Crippen LogP contribution in [0.15, 0.2) is 47.6 Å². The number of nitrogens with zero attached hydrogens (tertiary/aromatic N) is 4. The van der Waals surface area contributed by atoms with Gasteiger partial charge in [0, 0.05) is 63.1 Å². The first kappa shape index (κ1) is 26.5. The number of rotatable bonds is 8. The number of nitroso groups, excluding NO2 is 1. The third-order valence-electron chi connectivity index (χ3n) is 8.14. The number of carbonyl (C=O) groups is 1. The number of benzene rings is 2. The van der Waals surface area contributed by atoms with Crippen molar-refractivity contribution in [2.75, 3.05) is 56.0 Å². The van der Waals surface area contributed by atoms with Crippen LogP contribution < -0.4 is 10.2 Å². The Morgan fingerprint density at radius 2 is 1.74 bits per heavy atom. The van der Waals surface area contributed by atoms with Gasteiger partial charge in [0.05, 0.1) is 5.56 Å². The van der Waals surface area contributed by atoms with Crippen molar-refractivity contribution < 1.29 is 18.0 Å². The number of fused-ring (bicyclic) bond motifs is 1. The Morgan fingerprint density at radius 3 is 2.39 bits per heavy atom. The van der Waals surface area contributed by atoms with Gasteiger partial charge < -0.3 is 20.0 Å². The summed E-state index contributed by atoms with van der Waals surface area (Å²) in [5.74, 6) is 1.44. The van der Waals surface area contributed by atoms with Crippen LogP contribution in [0.1, 0.15) is 30.4 Å². The van der Waals surface area contributed by atoms with E-state index in [4.69, 9.17) is 0 Å². The normalized spacial score (nSPS) is 23.6. The maximum absolute atomic E-state index is 13.2. The Kier molecular flexibility index (Phi) is 7.61. The number of carbonyl (C=O) groups excluding carboxylic acids is 1. The van der Waals surface area contributed by atoms with E-state index < -0.39 is 17.4 Å². The number of likely N-dealkylation sites (tertiary alicyclic amines) is 2. The molecule has 0 aliphatic carbocycles. The lowest BCUT2D eigenvalue weighted by Crippen LogP contribution is -2.33.